The van der Waals surface area contributed by atoms with E-state index >= 15 is 0 Å². The van der Waals surface area contributed by atoms with Crippen LogP contribution in [0.2, 0.25) is 0 Å². The van der Waals surface area contributed by atoms with Gasteiger partial charge in [-0.15, -0.1) is 0 Å². The minimum absolute atomic E-state index is 0. The van der Waals surface area contributed by atoms with Crippen LogP contribution in [0.5, 0.6) is 0 Å². The summed E-state index contributed by atoms with van der Waals surface area (Å²) in [4.78, 5) is 0. The largest absolute Gasteiger partial charge is 0.198 e. The van der Waals surface area contributed by atoms with Gasteiger partial charge < -0.3 is 0 Å². The van der Waals surface area contributed by atoms with Crippen LogP contribution in [0.15, 0.2) is 12.4 Å². The molecule has 0 aliphatic heterocycles. The Balaban J connectivity index is 0.000000250. The second-order valence-electron chi connectivity index (χ2n) is 0.656. The zero-order chi connectivity index (χ0) is 3.54. The fourth-order valence-corrected chi connectivity index (χ4v) is 0.167. The van der Waals surface area contributed by atoms with E-state index in [2.05, 4.69) is 15.4 Å². The van der Waals surface area contributed by atoms with Crippen LogP contribution in [-0.4, -0.2) is 32.8 Å². The highest BCUT2D eigenvalue weighted by atomic mass is 27.0. The molecule has 29 valence electrons. The smallest absolute Gasteiger partial charge is 0.0690 e. The summed E-state index contributed by atoms with van der Waals surface area (Å²) in [7, 11) is 0. The molecule has 0 saturated carbocycles. The maximum Gasteiger partial charge on any atom is 0.0690 e. The van der Waals surface area contributed by atoms with Gasteiger partial charge in [0.2, 0.25) is 0 Å². The summed E-state index contributed by atoms with van der Waals surface area (Å²) < 4.78 is 0. The van der Waals surface area contributed by atoms with E-state index in [0.717, 1.165) is 0 Å². The van der Waals surface area contributed by atoms with Crippen molar-refractivity contribution in [1.82, 2.24) is 15.4 Å². The zero-order valence-electron chi connectivity index (χ0n) is 3.13. The molecule has 0 unspecified atom stereocenters. The molecule has 0 aromatic carbocycles. The number of aromatic amines is 1. The molecule has 0 amide bonds. The van der Waals surface area contributed by atoms with Crippen molar-refractivity contribution in [3.8, 4) is 0 Å². The molecule has 1 N–H and O–H groups in total. The number of nitrogens with zero attached hydrogens (tertiary/aromatic N) is 2. The van der Waals surface area contributed by atoms with Crippen LogP contribution in [0.1, 0.15) is 0 Å². The third kappa shape index (κ3) is 1.20. The predicted molar refractivity (Wildman–Crippen MR) is 22.1 cm³/mol. The van der Waals surface area contributed by atoms with Crippen LogP contribution in [0, 0.1) is 0 Å². The summed E-state index contributed by atoms with van der Waals surface area (Å²) in [5.41, 5.74) is 0. The topological polar surface area (TPSA) is 41.6 Å². The van der Waals surface area contributed by atoms with E-state index in [1.54, 1.807) is 12.4 Å². The van der Waals surface area contributed by atoms with Crippen molar-refractivity contribution >= 4 is 17.4 Å². The number of aromatic nitrogens is 3. The zero-order valence-corrected chi connectivity index (χ0v) is 4.28. The molecule has 1 rings (SSSR count). The average molecular weight is 96.0 g/mol. The quantitative estimate of drug-likeness (QED) is 0.439. The van der Waals surface area contributed by atoms with Crippen molar-refractivity contribution in [3.63, 3.8) is 0 Å². The summed E-state index contributed by atoms with van der Waals surface area (Å²) in [5, 5.41) is 9.33. The highest BCUT2D eigenvalue weighted by Crippen LogP contribution is 1.55. The summed E-state index contributed by atoms with van der Waals surface area (Å²) in [6, 6.07) is 0. The highest BCUT2D eigenvalue weighted by molar-refractivity contribution is 5.75. The van der Waals surface area contributed by atoms with Gasteiger partial charge >= 0.3 is 0 Å². The first-order chi connectivity index (χ1) is 2.50. The normalized spacial score (nSPS) is 6.67. The van der Waals surface area contributed by atoms with Crippen molar-refractivity contribution in [2.75, 3.05) is 0 Å². The molecule has 1 heterocycles. The molecule has 3 nitrogen and oxygen atoms in total. The van der Waals surface area contributed by atoms with Gasteiger partial charge in [0.1, 0.15) is 0 Å². The van der Waals surface area contributed by atoms with E-state index in [-0.39, 0.29) is 17.4 Å². The minimum atomic E-state index is 0. The summed E-state index contributed by atoms with van der Waals surface area (Å²) in [5.74, 6) is 0. The molecule has 6 heavy (non-hydrogen) atoms. The molecule has 0 aliphatic carbocycles. The lowest BCUT2D eigenvalue weighted by Gasteiger charge is -1.48. The Labute approximate surface area is 45.9 Å². The molecule has 0 aliphatic rings. The van der Waals surface area contributed by atoms with E-state index in [1.165, 1.54) is 0 Å². The first-order valence-corrected chi connectivity index (χ1v) is 1.30. The van der Waals surface area contributed by atoms with Gasteiger partial charge in [-0.25, -0.2) is 0 Å². The standard InChI is InChI=1S/C2H3N3.Al/c1-2-4-5-3-1;/h1-2H,(H,3,4,5);. The molecular weight excluding hydrogens is 93.0 g/mol. The van der Waals surface area contributed by atoms with Gasteiger partial charge in [-0.1, -0.05) is 0 Å². The lowest BCUT2D eigenvalue weighted by molar-refractivity contribution is 0.940. The van der Waals surface area contributed by atoms with Crippen molar-refractivity contribution in [3.05, 3.63) is 12.4 Å². The Morgan fingerprint density at radius 3 is 1.83 bits per heavy atom. The van der Waals surface area contributed by atoms with Crippen molar-refractivity contribution in [2.45, 2.75) is 0 Å². The van der Waals surface area contributed by atoms with Gasteiger partial charge in [0.15, 0.2) is 0 Å². The number of H-pyrrole nitrogens is 1. The monoisotopic (exact) mass is 96.0 g/mol. The van der Waals surface area contributed by atoms with E-state index in [4.69, 9.17) is 0 Å². The van der Waals surface area contributed by atoms with Gasteiger partial charge in [0, 0.05) is 17.4 Å². The first kappa shape index (κ1) is 5.67. The molecular formula is C2H3AlN3. The molecule has 1 aromatic rings. The third-order valence-corrected chi connectivity index (χ3v) is 0.331. The number of hydrogen-bond acceptors (Lipinski definition) is 2. The number of nitrogens with one attached hydrogen (secondary N) is 1. The van der Waals surface area contributed by atoms with E-state index in [0.29, 0.717) is 0 Å². The van der Waals surface area contributed by atoms with Crippen molar-refractivity contribution in [1.29, 1.82) is 0 Å². The maximum atomic E-state index is 3.49. The second kappa shape index (κ2) is 2.89. The first-order valence-electron chi connectivity index (χ1n) is 1.30. The average Bonchev–Trinajstić information content (AvgIpc) is 1.76. The maximum absolute atomic E-state index is 3.49. The molecule has 0 atom stereocenters. The van der Waals surface area contributed by atoms with Crippen LogP contribution in [0.3, 0.4) is 0 Å². The Kier molecular flexibility index (Phi) is 2.73. The Morgan fingerprint density at radius 2 is 1.67 bits per heavy atom. The highest BCUT2D eigenvalue weighted by Gasteiger charge is 1.57. The summed E-state index contributed by atoms with van der Waals surface area (Å²) in [6.07, 6.45) is 3.17. The molecule has 0 fully saturated rings. The summed E-state index contributed by atoms with van der Waals surface area (Å²) in [6.45, 7) is 0. The number of hydrogen-bond donors (Lipinski definition) is 1. The Hall–Kier alpha value is -0.328. The lowest BCUT2D eigenvalue weighted by Crippen LogP contribution is -1.61. The molecule has 0 saturated heterocycles. The van der Waals surface area contributed by atoms with Crippen molar-refractivity contribution in [2.24, 2.45) is 0 Å². The summed E-state index contributed by atoms with van der Waals surface area (Å²) >= 11 is 0. The molecule has 0 bridgehead atoms. The molecule has 4 heteroatoms. The van der Waals surface area contributed by atoms with Crippen LogP contribution in [-0.2, 0) is 0 Å². The van der Waals surface area contributed by atoms with Crippen LogP contribution >= 0.6 is 0 Å². The molecule has 1 aromatic heterocycles. The van der Waals surface area contributed by atoms with Gasteiger partial charge in [-0.05, 0) is 0 Å². The number of rotatable bonds is 0. The van der Waals surface area contributed by atoms with Gasteiger partial charge in [-0.3, -0.25) is 0 Å². The van der Waals surface area contributed by atoms with Crippen LogP contribution < -0.4 is 0 Å². The SMILES string of the molecule is [Al].c1cn[nH]n1. The predicted octanol–water partition coefficient (Wildman–Crippen LogP) is -0.576. The fourth-order valence-electron chi connectivity index (χ4n) is 0.167. The van der Waals surface area contributed by atoms with Crippen molar-refractivity contribution < 1.29 is 0 Å². The Morgan fingerprint density at radius 1 is 1.17 bits per heavy atom. The second-order valence-corrected chi connectivity index (χ2v) is 0.656. The minimum Gasteiger partial charge on any atom is -0.198 e. The van der Waals surface area contributed by atoms with E-state index in [9.17, 15) is 0 Å². The van der Waals surface area contributed by atoms with Gasteiger partial charge in [-0.2, -0.15) is 15.4 Å². The van der Waals surface area contributed by atoms with Gasteiger partial charge in [0.25, 0.3) is 0 Å². The fraction of sp³-hybridized carbons (Fsp3) is 0. The third-order valence-electron chi connectivity index (χ3n) is 0.331. The molecule has 3 radical (unpaired) electrons. The lowest BCUT2D eigenvalue weighted by atomic mass is 11.0. The molecule has 0 spiro atoms. The van der Waals surface area contributed by atoms with Crippen LogP contribution in [0.25, 0.3) is 0 Å². The van der Waals surface area contributed by atoms with E-state index < -0.39 is 0 Å². The van der Waals surface area contributed by atoms with E-state index in [1.807, 2.05) is 0 Å². The van der Waals surface area contributed by atoms with Crippen LogP contribution in [0.4, 0.5) is 0 Å². The Bertz CT molecular complexity index is 65.3. The van der Waals surface area contributed by atoms with Gasteiger partial charge in [0.05, 0.1) is 12.4 Å².